The van der Waals surface area contributed by atoms with Gasteiger partial charge in [0.05, 0.1) is 30.3 Å². The van der Waals surface area contributed by atoms with Gasteiger partial charge >= 0.3 is 0 Å². The van der Waals surface area contributed by atoms with Crippen LogP contribution in [0.4, 0.5) is 8.78 Å². The first-order valence-electron chi connectivity index (χ1n) is 14.7. The minimum atomic E-state index is -1.37. The quantitative estimate of drug-likeness (QED) is 0.257. The normalized spacial score (nSPS) is 18.9. The summed E-state index contributed by atoms with van der Waals surface area (Å²) in [5.74, 6) is -1.51. The molecule has 2 aromatic carbocycles. The number of rotatable bonds is 9. The number of H-pyrrole nitrogens is 1. The molecule has 0 unspecified atom stereocenters. The Morgan fingerprint density at radius 3 is 2.73 bits per heavy atom. The van der Waals surface area contributed by atoms with Crippen LogP contribution in [0.5, 0.6) is 0 Å². The Labute approximate surface area is 252 Å². The summed E-state index contributed by atoms with van der Waals surface area (Å²) in [5.41, 5.74) is 4.07. The van der Waals surface area contributed by atoms with E-state index in [1.165, 1.54) is 42.0 Å². The molecule has 1 saturated carbocycles. The van der Waals surface area contributed by atoms with Gasteiger partial charge in [0.2, 0.25) is 11.8 Å². The molecule has 2 fully saturated rings. The number of nitrogens with zero attached hydrogens (tertiary/aromatic N) is 3. The maximum atomic E-state index is 14.6. The van der Waals surface area contributed by atoms with Crippen LogP contribution in [-0.2, 0) is 9.59 Å². The smallest absolute Gasteiger partial charge is 0.270 e. The molecule has 6 rings (SSSR count). The number of hydrogen-bond acceptors (Lipinski definition) is 5. The summed E-state index contributed by atoms with van der Waals surface area (Å²) >= 11 is 0. The van der Waals surface area contributed by atoms with Crippen molar-refractivity contribution < 1.29 is 23.2 Å². The van der Waals surface area contributed by atoms with E-state index in [-0.39, 0.29) is 18.7 Å². The fraction of sp³-hybridized carbons (Fsp3) is 0.303. The average Bonchev–Trinajstić information content (AvgIpc) is 3.51. The zero-order chi connectivity index (χ0) is 30.8. The first kappa shape index (κ1) is 29.2. The first-order chi connectivity index (χ1) is 21.2. The Morgan fingerprint density at radius 1 is 1.11 bits per heavy atom. The molecule has 4 aromatic rings. The maximum absolute atomic E-state index is 14.6. The van der Waals surface area contributed by atoms with Crippen molar-refractivity contribution in [1.82, 2.24) is 30.7 Å². The van der Waals surface area contributed by atoms with E-state index in [2.05, 4.69) is 38.0 Å². The fourth-order valence-electron chi connectivity index (χ4n) is 5.48. The molecular weight excluding hydrogens is 566 g/mol. The standard InChI is InChI=1S/C33H32F2N6O3/c1-19(26-15-23(28-12-13-37-40-28)7-6-21(26)5-4-20-2-3-20)38-33(44)30-16-25(35)18-41(30)31(42)17-36-32(43)29-10-8-22-14-24(34)9-11-27(22)39-29/h4-15,19-20,25,30H,2-3,16-18H2,1H3,(H,36,43)(H,37,40)(H,38,44)/b5-4+/t19-,25+,30-/m0/s1. The molecule has 44 heavy (non-hydrogen) atoms. The highest BCUT2D eigenvalue weighted by Gasteiger charge is 2.40. The summed E-state index contributed by atoms with van der Waals surface area (Å²) in [5, 5.41) is 13.0. The minimum Gasteiger partial charge on any atom is -0.348 e. The van der Waals surface area contributed by atoms with Crippen LogP contribution >= 0.6 is 0 Å². The zero-order valence-electron chi connectivity index (χ0n) is 24.1. The van der Waals surface area contributed by atoms with Crippen molar-refractivity contribution in [3.05, 3.63) is 89.5 Å². The van der Waals surface area contributed by atoms with Crippen LogP contribution in [0.1, 0.15) is 53.8 Å². The van der Waals surface area contributed by atoms with Crippen molar-refractivity contribution in [3.63, 3.8) is 0 Å². The molecule has 1 aliphatic heterocycles. The predicted molar refractivity (Wildman–Crippen MR) is 161 cm³/mol. The van der Waals surface area contributed by atoms with Gasteiger partial charge in [-0.05, 0) is 78.8 Å². The summed E-state index contributed by atoms with van der Waals surface area (Å²) < 4.78 is 28.0. The highest BCUT2D eigenvalue weighted by molar-refractivity contribution is 5.97. The summed E-state index contributed by atoms with van der Waals surface area (Å²) in [6.07, 6.45) is 6.74. The van der Waals surface area contributed by atoms with Gasteiger partial charge in [-0.1, -0.05) is 30.4 Å². The molecule has 0 radical (unpaired) electrons. The number of allylic oxidation sites excluding steroid dienone is 1. The summed E-state index contributed by atoms with van der Waals surface area (Å²) in [7, 11) is 0. The van der Waals surface area contributed by atoms with Crippen LogP contribution in [0, 0.1) is 11.7 Å². The van der Waals surface area contributed by atoms with Gasteiger partial charge in [-0.3, -0.25) is 19.5 Å². The lowest BCUT2D eigenvalue weighted by atomic mass is 9.96. The van der Waals surface area contributed by atoms with Crippen LogP contribution in [0.2, 0.25) is 0 Å². The third-order valence-corrected chi connectivity index (χ3v) is 8.05. The number of carbonyl (C=O) groups excluding carboxylic acids is 3. The van der Waals surface area contributed by atoms with Gasteiger partial charge in [-0.15, -0.1) is 0 Å². The molecule has 3 atom stereocenters. The van der Waals surface area contributed by atoms with Crippen molar-refractivity contribution in [1.29, 1.82) is 0 Å². The Morgan fingerprint density at radius 2 is 1.95 bits per heavy atom. The molecular formula is C33H32F2N6O3. The topological polar surface area (TPSA) is 120 Å². The lowest BCUT2D eigenvalue weighted by molar-refractivity contribution is -0.138. The average molecular weight is 599 g/mol. The molecule has 9 nitrogen and oxygen atoms in total. The van der Waals surface area contributed by atoms with Crippen LogP contribution in [0.3, 0.4) is 0 Å². The molecule has 3 N–H and O–H groups in total. The second kappa shape index (κ2) is 12.4. The van der Waals surface area contributed by atoms with Gasteiger partial charge in [0.25, 0.3) is 5.91 Å². The number of nitrogens with one attached hydrogen (secondary N) is 3. The van der Waals surface area contributed by atoms with Gasteiger partial charge < -0.3 is 15.5 Å². The van der Waals surface area contributed by atoms with Crippen LogP contribution in [0.15, 0.2) is 66.9 Å². The third kappa shape index (κ3) is 6.51. The molecule has 2 aliphatic rings. The molecule has 1 saturated heterocycles. The first-order valence-corrected chi connectivity index (χ1v) is 14.7. The molecule has 0 spiro atoms. The number of halogens is 2. The van der Waals surface area contributed by atoms with Crippen LogP contribution in [-0.4, -0.2) is 63.1 Å². The SMILES string of the molecule is C[C@H](NC(=O)[C@@H]1C[C@@H](F)CN1C(=O)CNC(=O)c1ccc2cc(F)ccc2n1)c1cc(-c2ccn[nH]2)ccc1/C=C/C1CC1. The largest absolute Gasteiger partial charge is 0.348 e. The second-order valence-corrected chi connectivity index (χ2v) is 11.4. The van der Waals surface area contributed by atoms with E-state index in [9.17, 15) is 23.2 Å². The van der Waals surface area contributed by atoms with Crippen molar-refractivity contribution >= 4 is 34.7 Å². The maximum Gasteiger partial charge on any atom is 0.270 e. The Bertz CT molecular complexity index is 1740. The summed E-state index contributed by atoms with van der Waals surface area (Å²) in [6, 6.07) is 13.4. The van der Waals surface area contributed by atoms with Crippen LogP contribution < -0.4 is 10.6 Å². The van der Waals surface area contributed by atoms with Gasteiger partial charge in [-0.2, -0.15) is 5.10 Å². The van der Waals surface area contributed by atoms with Crippen molar-refractivity contribution in [2.75, 3.05) is 13.1 Å². The van der Waals surface area contributed by atoms with E-state index in [0.717, 1.165) is 22.4 Å². The molecule has 1 aliphatic carbocycles. The molecule has 226 valence electrons. The van der Waals surface area contributed by atoms with Crippen molar-refractivity contribution in [3.8, 4) is 11.3 Å². The van der Waals surface area contributed by atoms with Gasteiger partial charge in [-0.25, -0.2) is 13.8 Å². The third-order valence-electron chi connectivity index (χ3n) is 8.05. The summed E-state index contributed by atoms with van der Waals surface area (Å²) in [6.45, 7) is 1.18. The number of amides is 3. The molecule has 0 bridgehead atoms. The molecule has 11 heteroatoms. The second-order valence-electron chi connectivity index (χ2n) is 11.4. The van der Waals surface area contributed by atoms with E-state index < -0.39 is 48.3 Å². The number of carbonyl (C=O) groups is 3. The Hall–Kier alpha value is -4.93. The number of alkyl halides is 1. The molecule has 2 aromatic heterocycles. The molecule has 3 heterocycles. The van der Waals surface area contributed by atoms with Gasteiger partial charge in [0, 0.05) is 18.0 Å². The predicted octanol–water partition coefficient (Wildman–Crippen LogP) is 4.73. The zero-order valence-corrected chi connectivity index (χ0v) is 24.1. The van der Waals surface area contributed by atoms with E-state index in [1.54, 1.807) is 12.3 Å². The lowest BCUT2D eigenvalue weighted by Crippen LogP contribution is -2.49. The minimum absolute atomic E-state index is 0.0497. The number of pyridine rings is 1. The Balaban J connectivity index is 1.13. The highest BCUT2D eigenvalue weighted by atomic mass is 19.1. The van der Waals surface area contributed by atoms with Crippen molar-refractivity contribution in [2.45, 2.75) is 44.4 Å². The van der Waals surface area contributed by atoms with Crippen molar-refractivity contribution in [2.24, 2.45) is 5.92 Å². The lowest BCUT2D eigenvalue weighted by Gasteiger charge is -2.26. The van der Waals surface area contributed by atoms with E-state index in [0.29, 0.717) is 16.8 Å². The number of fused-ring (bicyclic) bond motifs is 1. The Kier molecular flexibility index (Phi) is 8.19. The van der Waals surface area contributed by atoms with E-state index in [4.69, 9.17) is 0 Å². The number of likely N-dealkylation sites (tertiary alicyclic amines) is 1. The monoisotopic (exact) mass is 598 g/mol. The number of hydrogen-bond donors (Lipinski definition) is 3. The summed E-state index contributed by atoms with van der Waals surface area (Å²) in [4.78, 5) is 44.7. The van der Waals surface area contributed by atoms with Crippen LogP contribution in [0.25, 0.3) is 28.2 Å². The van der Waals surface area contributed by atoms with Gasteiger partial charge in [0.1, 0.15) is 23.7 Å². The van der Waals surface area contributed by atoms with E-state index in [1.807, 2.05) is 31.2 Å². The fourth-order valence-corrected chi connectivity index (χ4v) is 5.48. The van der Waals surface area contributed by atoms with Gasteiger partial charge in [0.15, 0.2) is 0 Å². The molecule has 3 amide bonds. The van der Waals surface area contributed by atoms with E-state index >= 15 is 0 Å². The number of aromatic amines is 1. The number of benzene rings is 2. The highest BCUT2D eigenvalue weighted by Crippen LogP contribution is 2.33. The number of aromatic nitrogens is 3.